The second-order valence-corrected chi connectivity index (χ2v) is 3.97. The molecule has 0 saturated carbocycles. The third-order valence-electron chi connectivity index (χ3n) is 3.08. The fourth-order valence-electron chi connectivity index (χ4n) is 2.25. The van der Waals surface area contributed by atoms with Crippen LogP contribution in [-0.2, 0) is 0 Å². The number of nitrogens with zero attached hydrogens (tertiary/aromatic N) is 1. The Balaban J connectivity index is 2.21. The summed E-state index contributed by atoms with van der Waals surface area (Å²) in [7, 11) is 0. The van der Waals surface area contributed by atoms with Crippen LogP contribution in [0.15, 0.2) is 41.5 Å². The monoisotopic (exact) mass is 211 g/mol. The number of aliphatic imine (C=N–C) groups is 1. The average molecular weight is 211 g/mol. The zero-order chi connectivity index (χ0) is 11.1. The van der Waals surface area contributed by atoms with E-state index in [9.17, 15) is 9.59 Å². The lowest BCUT2D eigenvalue weighted by atomic mass is 9.74. The molecule has 3 heteroatoms. The zero-order valence-corrected chi connectivity index (χ0v) is 8.46. The van der Waals surface area contributed by atoms with Crippen LogP contribution in [0, 0.1) is 11.8 Å². The molecular formula is C13H9NO2. The molecule has 2 unspecified atom stereocenters. The van der Waals surface area contributed by atoms with E-state index >= 15 is 0 Å². The van der Waals surface area contributed by atoms with Crippen molar-refractivity contribution in [3.05, 3.63) is 47.7 Å². The van der Waals surface area contributed by atoms with E-state index in [4.69, 9.17) is 0 Å². The van der Waals surface area contributed by atoms with E-state index < -0.39 is 5.92 Å². The SMILES string of the molecule is O=C1c2ccccc2C(=O)C2C=NC=CC12. The maximum atomic E-state index is 12.1. The van der Waals surface area contributed by atoms with Crippen LogP contribution < -0.4 is 0 Å². The van der Waals surface area contributed by atoms with Crippen LogP contribution in [0.1, 0.15) is 20.7 Å². The van der Waals surface area contributed by atoms with Crippen LogP contribution in [0.5, 0.6) is 0 Å². The topological polar surface area (TPSA) is 46.5 Å². The van der Waals surface area contributed by atoms with Gasteiger partial charge in [0.25, 0.3) is 0 Å². The maximum Gasteiger partial charge on any atom is 0.173 e. The Labute approximate surface area is 92.5 Å². The van der Waals surface area contributed by atoms with Crippen LogP contribution in [0.4, 0.5) is 0 Å². The second-order valence-electron chi connectivity index (χ2n) is 3.97. The minimum atomic E-state index is -0.410. The number of rotatable bonds is 0. The van der Waals surface area contributed by atoms with Gasteiger partial charge in [-0.15, -0.1) is 0 Å². The summed E-state index contributed by atoms with van der Waals surface area (Å²) in [6, 6.07) is 6.98. The van der Waals surface area contributed by atoms with E-state index in [0.717, 1.165) is 0 Å². The van der Waals surface area contributed by atoms with Crippen molar-refractivity contribution in [2.24, 2.45) is 16.8 Å². The summed E-state index contributed by atoms with van der Waals surface area (Å²) < 4.78 is 0. The number of benzene rings is 1. The number of hydrogen-bond donors (Lipinski definition) is 0. The van der Waals surface area contributed by atoms with E-state index in [2.05, 4.69) is 4.99 Å². The first-order valence-corrected chi connectivity index (χ1v) is 5.16. The van der Waals surface area contributed by atoms with Crippen molar-refractivity contribution < 1.29 is 9.59 Å². The predicted octanol–water partition coefficient (Wildman–Crippen LogP) is 1.90. The molecule has 0 aromatic heterocycles. The van der Waals surface area contributed by atoms with Crippen LogP contribution >= 0.6 is 0 Å². The lowest BCUT2D eigenvalue weighted by Crippen LogP contribution is -2.37. The van der Waals surface area contributed by atoms with Crippen LogP contribution in [0.25, 0.3) is 0 Å². The summed E-state index contributed by atoms with van der Waals surface area (Å²) in [5.41, 5.74) is 1.06. The van der Waals surface area contributed by atoms with E-state index in [1.165, 1.54) is 0 Å². The molecule has 0 N–H and O–H groups in total. The molecule has 2 aliphatic rings. The molecule has 1 aromatic carbocycles. The molecule has 16 heavy (non-hydrogen) atoms. The standard InChI is InChI=1S/C13H9NO2/c15-12-8-3-1-2-4-9(8)13(16)11-7-14-6-5-10(11)12/h1-7,10-11H. The lowest BCUT2D eigenvalue weighted by Gasteiger charge is -2.27. The minimum Gasteiger partial charge on any atom is -0.293 e. The first kappa shape index (κ1) is 9.21. The van der Waals surface area contributed by atoms with Crippen molar-refractivity contribution in [1.29, 1.82) is 0 Å². The predicted molar refractivity (Wildman–Crippen MR) is 59.7 cm³/mol. The molecule has 0 radical (unpaired) electrons. The van der Waals surface area contributed by atoms with Crippen molar-refractivity contribution in [3.8, 4) is 0 Å². The third-order valence-corrected chi connectivity index (χ3v) is 3.08. The van der Waals surface area contributed by atoms with Crippen LogP contribution in [0.3, 0.4) is 0 Å². The van der Waals surface area contributed by atoms with Crippen molar-refractivity contribution >= 4 is 17.8 Å². The van der Waals surface area contributed by atoms with Crippen molar-refractivity contribution in [1.82, 2.24) is 0 Å². The first-order chi connectivity index (χ1) is 7.79. The van der Waals surface area contributed by atoms with Crippen molar-refractivity contribution in [3.63, 3.8) is 0 Å². The van der Waals surface area contributed by atoms with Gasteiger partial charge in [0.05, 0.1) is 11.8 Å². The van der Waals surface area contributed by atoms with Gasteiger partial charge in [0.2, 0.25) is 0 Å². The molecule has 0 amide bonds. The Kier molecular flexibility index (Phi) is 1.86. The average Bonchev–Trinajstić information content (AvgIpc) is 2.36. The summed E-state index contributed by atoms with van der Waals surface area (Å²) in [6.45, 7) is 0. The Morgan fingerprint density at radius 1 is 0.938 bits per heavy atom. The summed E-state index contributed by atoms with van der Waals surface area (Å²) in [6.07, 6.45) is 4.86. The molecule has 0 spiro atoms. The van der Waals surface area contributed by atoms with E-state index in [-0.39, 0.29) is 17.5 Å². The maximum absolute atomic E-state index is 12.1. The number of allylic oxidation sites excluding steroid dienone is 1. The highest BCUT2D eigenvalue weighted by atomic mass is 16.1. The van der Waals surface area contributed by atoms with Crippen molar-refractivity contribution in [2.75, 3.05) is 0 Å². The van der Waals surface area contributed by atoms with E-state index in [1.54, 1.807) is 42.8 Å². The Morgan fingerprint density at radius 3 is 2.25 bits per heavy atom. The first-order valence-electron chi connectivity index (χ1n) is 5.16. The molecule has 0 saturated heterocycles. The summed E-state index contributed by atoms with van der Waals surface area (Å²) in [4.78, 5) is 28.2. The van der Waals surface area contributed by atoms with E-state index in [1.807, 2.05) is 0 Å². The highest BCUT2D eigenvalue weighted by Crippen LogP contribution is 2.31. The molecule has 0 fully saturated rings. The normalized spacial score (nSPS) is 26.5. The molecule has 1 aliphatic heterocycles. The minimum absolute atomic E-state index is 0.00620. The lowest BCUT2D eigenvalue weighted by molar-refractivity contribution is 0.0815. The van der Waals surface area contributed by atoms with Gasteiger partial charge in [0.1, 0.15) is 0 Å². The van der Waals surface area contributed by atoms with Gasteiger partial charge in [-0.25, -0.2) is 0 Å². The zero-order valence-electron chi connectivity index (χ0n) is 8.46. The smallest absolute Gasteiger partial charge is 0.173 e. The molecule has 78 valence electrons. The number of Topliss-reactive ketones (excluding diaryl/α,β-unsaturated/α-hetero) is 2. The van der Waals surface area contributed by atoms with Gasteiger partial charge >= 0.3 is 0 Å². The fraction of sp³-hybridized carbons (Fsp3) is 0.154. The molecule has 1 aromatic rings. The van der Waals surface area contributed by atoms with Gasteiger partial charge in [-0.3, -0.25) is 14.6 Å². The van der Waals surface area contributed by atoms with Gasteiger partial charge in [-0.1, -0.05) is 30.3 Å². The largest absolute Gasteiger partial charge is 0.293 e. The molecule has 1 heterocycles. The number of ketones is 2. The number of carbonyl (C=O) groups excluding carboxylic acids is 2. The summed E-state index contributed by atoms with van der Waals surface area (Å²) in [5, 5.41) is 0. The van der Waals surface area contributed by atoms with Gasteiger partial charge in [-0.2, -0.15) is 0 Å². The Hall–Kier alpha value is -2.03. The van der Waals surface area contributed by atoms with Gasteiger partial charge in [-0.05, 0) is 0 Å². The van der Waals surface area contributed by atoms with E-state index in [0.29, 0.717) is 11.1 Å². The molecular weight excluding hydrogens is 202 g/mol. The van der Waals surface area contributed by atoms with Gasteiger partial charge in [0, 0.05) is 23.5 Å². The van der Waals surface area contributed by atoms with Crippen LogP contribution in [0.2, 0.25) is 0 Å². The highest BCUT2D eigenvalue weighted by Gasteiger charge is 2.39. The number of fused-ring (bicyclic) bond motifs is 2. The summed E-state index contributed by atoms with van der Waals surface area (Å²) in [5.74, 6) is -0.761. The molecule has 0 bridgehead atoms. The van der Waals surface area contributed by atoms with Gasteiger partial charge < -0.3 is 0 Å². The third kappa shape index (κ3) is 1.11. The quantitative estimate of drug-likeness (QED) is 0.658. The molecule has 3 rings (SSSR count). The van der Waals surface area contributed by atoms with Crippen molar-refractivity contribution in [2.45, 2.75) is 0 Å². The fourth-order valence-corrected chi connectivity index (χ4v) is 2.25. The highest BCUT2D eigenvalue weighted by molar-refractivity contribution is 6.21. The Morgan fingerprint density at radius 2 is 1.56 bits per heavy atom. The number of carbonyl (C=O) groups is 2. The summed E-state index contributed by atoms with van der Waals surface area (Å²) >= 11 is 0. The number of hydrogen-bond acceptors (Lipinski definition) is 3. The molecule has 2 atom stereocenters. The van der Waals surface area contributed by atoms with Gasteiger partial charge in [0.15, 0.2) is 11.6 Å². The second kappa shape index (κ2) is 3.23. The molecule has 3 nitrogen and oxygen atoms in total. The Bertz CT molecular complexity index is 494. The van der Waals surface area contributed by atoms with Crippen LogP contribution in [-0.4, -0.2) is 17.8 Å². The molecule has 1 aliphatic carbocycles.